The highest BCUT2D eigenvalue weighted by atomic mass is 16.5. The zero-order valence-corrected chi connectivity index (χ0v) is 11.8. The molecular formula is C17H21NO. The van der Waals surface area contributed by atoms with Crippen LogP contribution in [0.1, 0.15) is 38.2 Å². The molecule has 0 bridgehead atoms. The second-order valence-corrected chi connectivity index (χ2v) is 5.66. The van der Waals surface area contributed by atoms with Crippen LogP contribution in [-0.2, 0) is 0 Å². The van der Waals surface area contributed by atoms with Gasteiger partial charge in [-0.25, -0.2) is 0 Å². The van der Waals surface area contributed by atoms with Gasteiger partial charge in [0.25, 0.3) is 0 Å². The molecule has 0 N–H and O–H groups in total. The van der Waals surface area contributed by atoms with E-state index in [1.54, 1.807) is 0 Å². The second kappa shape index (κ2) is 4.81. The standard InChI is InChI=1S/C17H21NO/c1-3-17(10-11-17)9-8-14-6-4-7-15-16(14)19-13-5-12-18(15)2/h4,6-7H,3,5,10-13H2,1-2H3. The smallest absolute Gasteiger partial charge is 0.158 e. The Morgan fingerprint density at radius 1 is 1.37 bits per heavy atom. The number of fused-ring (bicyclic) bond motifs is 1. The summed E-state index contributed by atoms with van der Waals surface area (Å²) in [5.74, 6) is 7.82. The molecule has 19 heavy (non-hydrogen) atoms. The molecule has 2 nitrogen and oxygen atoms in total. The van der Waals surface area contributed by atoms with Gasteiger partial charge in [0.15, 0.2) is 5.75 Å². The predicted molar refractivity (Wildman–Crippen MR) is 78.7 cm³/mol. The number of para-hydroxylation sites is 1. The van der Waals surface area contributed by atoms with E-state index in [4.69, 9.17) is 4.74 Å². The Morgan fingerprint density at radius 3 is 2.95 bits per heavy atom. The molecule has 1 aliphatic heterocycles. The Morgan fingerprint density at radius 2 is 2.21 bits per heavy atom. The lowest BCUT2D eigenvalue weighted by atomic mass is 10.0. The van der Waals surface area contributed by atoms with Crippen LogP contribution < -0.4 is 9.64 Å². The quantitative estimate of drug-likeness (QED) is 0.713. The highest BCUT2D eigenvalue weighted by Crippen LogP contribution is 2.48. The van der Waals surface area contributed by atoms with E-state index in [1.807, 2.05) is 0 Å². The molecule has 1 heterocycles. The zero-order valence-electron chi connectivity index (χ0n) is 11.8. The van der Waals surface area contributed by atoms with Crippen molar-refractivity contribution in [3.05, 3.63) is 23.8 Å². The molecule has 0 radical (unpaired) electrons. The Labute approximate surface area is 115 Å². The largest absolute Gasteiger partial charge is 0.490 e. The Hall–Kier alpha value is -1.62. The fraction of sp³-hybridized carbons (Fsp3) is 0.529. The van der Waals surface area contributed by atoms with Crippen LogP contribution in [0.4, 0.5) is 5.69 Å². The predicted octanol–water partition coefficient (Wildman–Crippen LogP) is 3.45. The fourth-order valence-corrected chi connectivity index (χ4v) is 2.59. The van der Waals surface area contributed by atoms with Crippen molar-refractivity contribution in [3.8, 4) is 17.6 Å². The third-order valence-corrected chi connectivity index (χ3v) is 4.28. The second-order valence-electron chi connectivity index (χ2n) is 5.66. The van der Waals surface area contributed by atoms with Gasteiger partial charge >= 0.3 is 0 Å². The first-order valence-corrected chi connectivity index (χ1v) is 7.24. The lowest BCUT2D eigenvalue weighted by molar-refractivity contribution is 0.321. The summed E-state index contributed by atoms with van der Waals surface area (Å²) in [7, 11) is 2.12. The van der Waals surface area contributed by atoms with Crippen molar-refractivity contribution in [1.82, 2.24) is 0 Å². The molecule has 1 fully saturated rings. The summed E-state index contributed by atoms with van der Waals surface area (Å²) in [6.45, 7) is 4.06. The van der Waals surface area contributed by atoms with Gasteiger partial charge < -0.3 is 9.64 Å². The average Bonchev–Trinajstić information content (AvgIpc) is 3.23. The van der Waals surface area contributed by atoms with Crippen LogP contribution >= 0.6 is 0 Å². The first kappa shape index (κ1) is 12.4. The van der Waals surface area contributed by atoms with Gasteiger partial charge in [-0.2, -0.15) is 0 Å². The summed E-state index contributed by atoms with van der Waals surface area (Å²) >= 11 is 0. The highest BCUT2D eigenvalue weighted by molar-refractivity contribution is 5.66. The Balaban J connectivity index is 1.96. The lowest BCUT2D eigenvalue weighted by Crippen LogP contribution is -2.17. The minimum Gasteiger partial charge on any atom is -0.490 e. The molecule has 0 saturated heterocycles. The molecule has 3 rings (SSSR count). The molecule has 0 spiro atoms. The lowest BCUT2D eigenvalue weighted by Gasteiger charge is -2.18. The van der Waals surface area contributed by atoms with E-state index in [0.717, 1.165) is 37.3 Å². The zero-order chi connectivity index (χ0) is 13.3. The topological polar surface area (TPSA) is 12.5 Å². The highest BCUT2D eigenvalue weighted by Gasteiger charge is 2.38. The van der Waals surface area contributed by atoms with Crippen LogP contribution in [-0.4, -0.2) is 20.2 Å². The van der Waals surface area contributed by atoms with Crippen molar-refractivity contribution in [1.29, 1.82) is 0 Å². The van der Waals surface area contributed by atoms with E-state index < -0.39 is 0 Å². The maximum absolute atomic E-state index is 5.93. The van der Waals surface area contributed by atoms with Crippen LogP contribution in [0, 0.1) is 17.3 Å². The van der Waals surface area contributed by atoms with Crippen LogP contribution in [0.5, 0.6) is 5.75 Å². The van der Waals surface area contributed by atoms with Gasteiger partial charge in [0, 0.05) is 19.0 Å². The molecule has 0 atom stereocenters. The monoisotopic (exact) mass is 255 g/mol. The Kier molecular flexibility index (Phi) is 3.14. The van der Waals surface area contributed by atoms with Crippen LogP contribution in [0.25, 0.3) is 0 Å². The van der Waals surface area contributed by atoms with Crippen molar-refractivity contribution in [2.75, 3.05) is 25.1 Å². The summed E-state index contributed by atoms with van der Waals surface area (Å²) in [6, 6.07) is 6.29. The number of anilines is 1. The summed E-state index contributed by atoms with van der Waals surface area (Å²) in [6.07, 6.45) is 4.74. The van der Waals surface area contributed by atoms with Gasteiger partial charge in [0.05, 0.1) is 17.9 Å². The minimum atomic E-state index is 0.305. The van der Waals surface area contributed by atoms with Gasteiger partial charge in [-0.05, 0) is 37.8 Å². The van der Waals surface area contributed by atoms with E-state index >= 15 is 0 Å². The average molecular weight is 255 g/mol. The first-order chi connectivity index (χ1) is 9.24. The molecule has 1 aromatic carbocycles. The SMILES string of the molecule is CCC1(C#Cc2cccc3c2OCCCN3C)CC1. The molecule has 1 aromatic rings. The minimum absolute atomic E-state index is 0.305. The van der Waals surface area contributed by atoms with Crippen molar-refractivity contribution in [2.24, 2.45) is 5.41 Å². The van der Waals surface area contributed by atoms with Crippen molar-refractivity contribution in [2.45, 2.75) is 32.6 Å². The van der Waals surface area contributed by atoms with Gasteiger partial charge in [-0.3, -0.25) is 0 Å². The number of hydrogen-bond donors (Lipinski definition) is 0. The van der Waals surface area contributed by atoms with Gasteiger partial charge in [-0.1, -0.05) is 24.8 Å². The van der Waals surface area contributed by atoms with Crippen LogP contribution in [0.15, 0.2) is 18.2 Å². The molecule has 100 valence electrons. The van der Waals surface area contributed by atoms with E-state index in [0.29, 0.717) is 5.41 Å². The number of hydrogen-bond acceptors (Lipinski definition) is 2. The third-order valence-electron chi connectivity index (χ3n) is 4.28. The van der Waals surface area contributed by atoms with Gasteiger partial charge in [0.1, 0.15) is 0 Å². The number of rotatable bonds is 1. The summed E-state index contributed by atoms with van der Waals surface area (Å²) < 4.78 is 5.93. The summed E-state index contributed by atoms with van der Waals surface area (Å²) in [5, 5.41) is 0. The normalized spacial score (nSPS) is 19.6. The molecule has 1 saturated carbocycles. The summed E-state index contributed by atoms with van der Waals surface area (Å²) in [5.41, 5.74) is 2.52. The molecule has 0 aromatic heterocycles. The molecule has 0 amide bonds. The molecule has 0 unspecified atom stereocenters. The van der Waals surface area contributed by atoms with Crippen LogP contribution in [0.3, 0.4) is 0 Å². The van der Waals surface area contributed by atoms with Crippen molar-refractivity contribution >= 4 is 5.69 Å². The van der Waals surface area contributed by atoms with E-state index in [2.05, 4.69) is 48.9 Å². The molecule has 2 heteroatoms. The summed E-state index contributed by atoms with van der Waals surface area (Å²) in [4.78, 5) is 2.26. The fourth-order valence-electron chi connectivity index (χ4n) is 2.59. The molecule has 1 aliphatic carbocycles. The van der Waals surface area contributed by atoms with Crippen LogP contribution in [0.2, 0.25) is 0 Å². The number of ether oxygens (including phenoxy) is 1. The number of benzene rings is 1. The first-order valence-electron chi connectivity index (χ1n) is 7.24. The molecular weight excluding hydrogens is 234 g/mol. The maximum atomic E-state index is 5.93. The molecule has 2 aliphatic rings. The third kappa shape index (κ3) is 2.42. The maximum Gasteiger partial charge on any atom is 0.158 e. The van der Waals surface area contributed by atoms with E-state index in [-0.39, 0.29) is 0 Å². The van der Waals surface area contributed by atoms with E-state index in [9.17, 15) is 0 Å². The van der Waals surface area contributed by atoms with E-state index in [1.165, 1.54) is 18.5 Å². The number of nitrogens with zero attached hydrogens (tertiary/aromatic N) is 1. The van der Waals surface area contributed by atoms with Gasteiger partial charge in [0.2, 0.25) is 0 Å². The van der Waals surface area contributed by atoms with Gasteiger partial charge in [-0.15, -0.1) is 0 Å². The van der Waals surface area contributed by atoms with Crippen molar-refractivity contribution < 1.29 is 4.74 Å². The Bertz CT molecular complexity index is 534. The van der Waals surface area contributed by atoms with Crippen molar-refractivity contribution in [3.63, 3.8) is 0 Å².